The van der Waals surface area contributed by atoms with Gasteiger partial charge in [0.25, 0.3) is 0 Å². The maximum absolute atomic E-state index is 14.0. The highest BCUT2D eigenvalue weighted by atomic mass is 79.9. The number of nitrogens with two attached hydrogens (primary N) is 1. The van der Waals surface area contributed by atoms with Gasteiger partial charge in [0.2, 0.25) is 0 Å². The molecule has 0 saturated carbocycles. The van der Waals surface area contributed by atoms with Crippen molar-refractivity contribution >= 4 is 27.4 Å². The minimum atomic E-state index is -0.537. The van der Waals surface area contributed by atoms with E-state index in [1.807, 2.05) is 74.2 Å². The van der Waals surface area contributed by atoms with Crippen LogP contribution in [0.3, 0.4) is 0 Å². The maximum atomic E-state index is 14.0. The molecule has 2 N–H and O–H groups in total. The number of nitrogens with zero attached hydrogens (tertiary/aromatic N) is 2. The highest BCUT2D eigenvalue weighted by Gasteiger charge is 2.45. The number of aryl methyl sites for hydroxylation is 2. The number of ether oxygens (including phenoxy) is 1. The lowest BCUT2D eigenvalue weighted by Crippen LogP contribution is -2.42. The van der Waals surface area contributed by atoms with E-state index >= 15 is 0 Å². The first-order chi connectivity index (χ1) is 19.0. The van der Waals surface area contributed by atoms with Crippen LogP contribution in [0, 0.1) is 37.5 Å². The Morgan fingerprint density at radius 1 is 1.05 bits per heavy atom. The van der Waals surface area contributed by atoms with Gasteiger partial charge in [-0.3, -0.25) is 9.69 Å². The molecule has 1 heterocycles. The molecule has 0 radical (unpaired) electrons. The van der Waals surface area contributed by atoms with Crippen molar-refractivity contribution in [2.24, 2.45) is 11.1 Å². The zero-order chi connectivity index (χ0) is 28.8. The van der Waals surface area contributed by atoms with Crippen molar-refractivity contribution in [1.29, 1.82) is 5.26 Å². The predicted molar refractivity (Wildman–Crippen MR) is 163 cm³/mol. The van der Waals surface area contributed by atoms with Crippen molar-refractivity contribution in [3.8, 4) is 11.8 Å². The van der Waals surface area contributed by atoms with Gasteiger partial charge in [0.15, 0.2) is 5.78 Å². The summed E-state index contributed by atoms with van der Waals surface area (Å²) in [7, 11) is 0. The Balaban J connectivity index is 1.67. The third-order valence-electron chi connectivity index (χ3n) is 7.87. The number of ketones is 1. The van der Waals surface area contributed by atoms with E-state index in [-0.39, 0.29) is 11.2 Å². The summed E-state index contributed by atoms with van der Waals surface area (Å²) in [6.07, 6.45) is 1.09. The minimum absolute atomic E-state index is 0.0647. The normalized spacial score (nSPS) is 18.5. The second-order valence-corrected chi connectivity index (χ2v) is 12.6. The van der Waals surface area contributed by atoms with E-state index in [0.29, 0.717) is 36.4 Å². The lowest BCUT2D eigenvalue weighted by molar-refractivity contribution is -0.118. The van der Waals surface area contributed by atoms with Gasteiger partial charge in [-0.15, -0.1) is 0 Å². The molecule has 0 aromatic heterocycles. The first-order valence-corrected chi connectivity index (χ1v) is 14.3. The maximum Gasteiger partial charge on any atom is 0.162 e. The summed E-state index contributed by atoms with van der Waals surface area (Å²) in [5.74, 6) is 0.694. The molecule has 1 aliphatic carbocycles. The fourth-order valence-electron chi connectivity index (χ4n) is 5.94. The van der Waals surface area contributed by atoms with E-state index in [0.717, 1.165) is 43.9 Å². The molecule has 0 fully saturated rings. The van der Waals surface area contributed by atoms with Crippen molar-refractivity contribution in [2.75, 3.05) is 4.90 Å². The fourth-order valence-corrected chi connectivity index (χ4v) is 6.33. The fraction of sp³-hybridized carbons (Fsp3) is 0.294. The molecule has 204 valence electrons. The largest absolute Gasteiger partial charge is 0.489 e. The first kappa shape index (κ1) is 27.7. The molecule has 5 rings (SSSR count). The Morgan fingerprint density at radius 2 is 1.77 bits per heavy atom. The summed E-state index contributed by atoms with van der Waals surface area (Å²) in [6.45, 7) is 10.7. The second kappa shape index (κ2) is 10.6. The SMILES string of the molecule is Cc1ccc(OCc2cc(C)cc(C3C(C#N)=C(N)N(c4cccc(Br)c4)C4=C3C(=O)CC(C)(C)C4)c2C)cc1. The molecule has 2 aliphatic rings. The molecule has 5 nitrogen and oxygen atoms in total. The smallest absolute Gasteiger partial charge is 0.162 e. The summed E-state index contributed by atoms with van der Waals surface area (Å²) >= 11 is 3.57. The van der Waals surface area contributed by atoms with Gasteiger partial charge in [-0.2, -0.15) is 5.26 Å². The van der Waals surface area contributed by atoms with Crippen LogP contribution >= 0.6 is 15.9 Å². The summed E-state index contributed by atoms with van der Waals surface area (Å²) in [5.41, 5.74) is 14.6. The lowest BCUT2D eigenvalue weighted by atomic mass is 9.68. The summed E-state index contributed by atoms with van der Waals surface area (Å²) in [5, 5.41) is 10.5. The molecule has 0 amide bonds. The van der Waals surface area contributed by atoms with Crippen molar-refractivity contribution in [3.05, 3.63) is 116 Å². The van der Waals surface area contributed by atoms with Gasteiger partial charge in [0, 0.05) is 27.9 Å². The average molecular weight is 597 g/mol. The van der Waals surface area contributed by atoms with Gasteiger partial charge in [-0.1, -0.05) is 71.2 Å². The van der Waals surface area contributed by atoms with Crippen LogP contribution in [0.2, 0.25) is 0 Å². The quantitative estimate of drug-likeness (QED) is 0.324. The Kier molecular flexibility index (Phi) is 7.37. The van der Waals surface area contributed by atoms with Gasteiger partial charge in [0.05, 0.1) is 17.6 Å². The molecular formula is C34H34BrN3O2. The molecule has 3 aromatic carbocycles. The number of carbonyl (C=O) groups excluding carboxylic acids is 1. The molecule has 6 heteroatoms. The van der Waals surface area contributed by atoms with Crippen LogP contribution < -0.4 is 15.4 Å². The van der Waals surface area contributed by atoms with Gasteiger partial charge in [-0.25, -0.2) is 0 Å². The Labute approximate surface area is 245 Å². The van der Waals surface area contributed by atoms with Crippen LogP contribution in [0.25, 0.3) is 0 Å². The molecule has 1 unspecified atom stereocenters. The number of anilines is 1. The standard InChI is InChI=1S/C34H34BrN3O2/c1-20-9-11-26(12-10-20)40-19-23-13-21(2)14-27(22(23)3)31-28(18-36)33(37)38(25-8-6-7-24(35)15-25)29-16-34(4,5)17-30(39)32(29)31/h6-15,31H,16-17,19,37H2,1-5H3. The third kappa shape index (κ3) is 5.19. The number of nitriles is 1. The van der Waals surface area contributed by atoms with Crippen molar-refractivity contribution in [3.63, 3.8) is 0 Å². The highest BCUT2D eigenvalue weighted by Crippen LogP contribution is 2.51. The number of allylic oxidation sites excluding steroid dienone is 3. The Morgan fingerprint density at radius 3 is 2.45 bits per heavy atom. The van der Waals surface area contributed by atoms with E-state index in [1.54, 1.807) is 0 Å². The molecular weight excluding hydrogens is 562 g/mol. The minimum Gasteiger partial charge on any atom is -0.489 e. The summed E-state index contributed by atoms with van der Waals surface area (Å²) in [6, 6.07) is 22.4. The number of carbonyl (C=O) groups is 1. The number of benzene rings is 3. The van der Waals surface area contributed by atoms with Gasteiger partial charge in [0.1, 0.15) is 18.2 Å². The molecule has 1 aliphatic heterocycles. The molecule has 0 saturated heterocycles. The van der Waals surface area contributed by atoms with Crippen molar-refractivity contribution < 1.29 is 9.53 Å². The molecule has 3 aromatic rings. The van der Waals surface area contributed by atoms with Crippen molar-refractivity contribution in [2.45, 2.75) is 60.0 Å². The monoisotopic (exact) mass is 595 g/mol. The van der Waals surface area contributed by atoms with Crippen molar-refractivity contribution in [1.82, 2.24) is 0 Å². The Hall–Kier alpha value is -3.82. The van der Waals surface area contributed by atoms with Gasteiger partial charge >= 0.3 is 0 Å². The van der Waals surface area contributed by atoms with Crippen LogP contribution in [0.5, 0.6) is 5.75 Å². The van der Waals surface area contributed by atoms with E-state index < -0.39 is 5.92 Å². The number of hydrogen-bond acceptors (Lipinski definition) is 5. The second-order valence-electron chi connectivity index (χ2n) is 11.7. The highest BCUT2D eigenvalue weighted by molar-refractivity contribution is 9.10. The van der Waals surface area contributed by atoms with Gasteiger partial charge in [-0.05, 0) is 79.6 Å². The van der Waals surface area contributed by atoms with E-state index in [2.05, 4.69) is 48.0 Å². The van der Waals surface area contributed by atoms with Crippen LogP contribution in [0.1, 0.15) is 60.4 Å². The number of rotatable bonds is 5. The van der Waals surface area contributed by atoms with E-state index in [9.17, 15) is 10.1 Å². The van der Waals surface area contributed by atoms with Crippen LogP contribution in [0.4, 0.5) is 5.69 Å². The Bertz CT molecular complexity index is 1610. The summed E-state index contributed by atoms with van der Waals surface area (Å²) in [4.78, 5) is 15.9. The first-order valence-electron chi connectivity index (χ1n) is 13.5. The average Bonchev–Trinajstić information content (AvgIpc) is 2.88. The zero-order valence-electron chi connectivity index (χ0n) is 23.6. The number of hydrogen-bond donors (Lipinski definition) is 1. The van der Waals surface area contributed by atoms with E-state index in [4.69, 9.17) is 10.5 Å². The van der Waals surface area contributed by atoms with Crippen LogP contribution in [-0.2, 0) is 11.4 Å². The van der Waals surface area contributed by atoms with Gasteiger partial charge < -0.3 is 10.5 Å². The topological polar surface area (TPSA) is 79.3 Å². The molecule has 0 bridgehead atoms. The van der Waals surface area contributed by atoms with Crippen LogP contribution in [-0.4, -0.2) is 5.78 Å². The molecule has 1 atom stereocenters. The zero-order valence-corrected chi connectivity index (χ0v) is 25.2. The molecule has 40 heavy (non-hydrogen) atoms. The predicted octanol–water partition coefficient (Wildman–Crippen LogP) is 7.89. The van der Waals surface area contributed by atoms with E-state index in [1.165, 1.54) is 5.56 Å². The third-order valence-corrected chi connectivity index (χ3v) is 8.37. The number of halogens is 1. The molecule has 0 spiro atoms. The summed E-state index contributed by atoms with van der Waals surface area (Å²) < 4.78 is 7.05. The van der Waals surface area contributed by atoms with Crippen LogP contribution in [0.15, 0.2) is 87.8 Å². The lowest BCUT2D eigenvalue weighted by Gasteiger charge is -2.44. The number of Topliss-reactive ketones (excluding diaryl/α,β-unsaturated/α-hetero) is 1.